The maximum absolute atomic E-state index is 13.1. The minimum absolute atomic E-state index is 0.0469. The predicted molar refractivity (Wildman–Crippen MR) is 139 cm³/mol. The second kappa shape index (κ2) is 15.7. The molecular weight excluding hydrogens is 492 g/mol. The molecule has 0 unspecified atom stereocenters. The van der Waals surface area contributed by atoms with E-state index in [0.29, 0.717) is 12.0 Å². The van der Waals surface area contributed by atoms with Crippen LogP contribution < -0.4 is 33.0 Å². The van der Waals surface area contributed by atoms with Crippen LogP contribution in [-0.2, 0) is 36.8 Å². The quantitative estimate of drug-likeness (QED) is 0.0835. The summed E-state index contributed by atoms with van der Waals surface area (Å²) in [5.74, 6) is 1.82. The van der Waals surface area contributed by atoms with Gasteiger partial charge in [-0.1, -0.05) is 60.7 Å². The van der Waals surface area contributed by atoms with Crippen molar-refractivity contribution in [2.45, 2.75) is 50.2 Å². The molecule has 3 atom stereocenters. The number of nitrogens with two attached hydrogens (primary N) is 2. The summed E-state index contributed by atoms with van der Waals surface area (Å²) in [6.07, 6.45) is 0.298. The zero-order valence-electron chi connectivity index (χ0n) is 20.9. The van der Waals surface area contributed by atoms with E-state index in [9.17, 15) is 29.1 Å². The Morgan fingerprint density at radius 3 is 1.82 bits per heavy atom. The van der Waals surface area contributed by atoms with Crippen LogP contribution in [0.25, 0.3) is 0 Å². The van der Waals surface area contributed by atoms with E-state index in [-0.39, 0.29) is 25.7 Å². The maximum atomic E-state index is 13.1. The van der Waals surface area contributed by atoms with Crippen LogP contribution in [0, 0.1) is 0 Å². The first-order valence-electron chi connectivity index (χ1n) is 12.1. The molecule has 0 saturated heterocycles. The molecule has 0 bridgehead atoms. The molecule has 0 aliphatic heterocycles. The van der Waals surface area contributed by atoms with Gasteiger partial charge in [0.2, 0.25) is 23.6 Å². The third-order valence-electron chi connectivity index (χ3n) is 5.69. The van der Waals surface area contributed by atoms with Gasteiger partial charge in [0, 0.05) is 19.3 Å². The number of hydrogen-bond donors (Lipinski definition) is 7. The van der Waals surface area contributed by atoms with Crippen molar-refractivity contribution in [3.63, 3.8) is 0 Å². The van der Waals surface area contributed by atoms with E-state index in [1.807, 2.05) is 35.8 Å². The fourth-order valence-electron chi connectivity index (χ4n) is 3.62. The van der Waals surface area contributed by atoms with Crippen molar-refractivity contribution in [3.8, 4) is 0 Å². The number of aliphatic hydroxyl groups is 1. The highest BCUT2D eigenvalue weighted by molar-refractivity contribution is 5.94. The van der Waals surface area contributed by atoms with Crippen LogP contribution in [0.2, 0.25) is 0 Å². The third kappa shape index (κ3) is 10.4. The van der Waals surface area contributed by atoms with E-state index in [2.05, 4.69) is 16.0 Å². The Hall–Kier alpha value is -4.29. The number of hydrazine groups is 1. The Bertz CT molecular complexity index is 1080. The Labute approximate surface area is 220 Å². The van der Waals surface area contributed by atoms with Crippen LogP contribution in [0.4, 0.5) is 0 Å². The zero-order chi connectivity index (χ0) is 27.9. The molecule has 0 spiro atoms. The van der Waals surface area contributed by atoms with Gasteiger partial charge < -0.3 is 26.8 Å². The molecule has 5 amide bonds. The number of nitrogens with one attached hydrogen (secondary N) is 4. The summed E-state index contributed by atoms with van der Waals surface area (Å²) < 4.78 is 0. The van der Waals surface area contributed by atoms with Gasteiger partial charge in [0.05, 0.1) is 6.61 Å². The number of primary amides is 1. The first-order chi connectivity index (χ1) is 18.2. The number of aryl methyl sites for hydroxylation is 1. The van der Waals surface area contributed by atoms with Gasteiger partial charge in [0.15, 0.2) is 0 Å². The molecule has 0 aliphatic rings. The number of carbonyl (C=O) groups excluding carboxylic acids is 5. The first-order valence-corrected chi connectivity index (χ1v) is 12.1. The smallest absolute Gasteiger partial charge is 0.256 e. The lowest BCUT2D eigenvalue weighted by atomic mass is 10.0. The predicted octanol–water partition coefficient (Wildman–Crippen LogP) is -1.44. The van der Waals surface area contributed by atoms with Crippen molar-refractivity contribution in [1.82, 2.24) is 21.4 Å². The number of hydrogen-bond acceptors (Lipinski definition) is 7. The fraction of sp³-hybridized carbons (Fsp3) is 0.346. The van der Waals surface area contributed by atoms with Crippen LogP contribution in [-0.4, -0.2) is 59.4 Å². The molecule has 0 aromatic heterocycles. The highest BCUT2D eigenvalue weighted by atomic mass is 16.3. The summed E-state index contributed by atoms with van der Waals surface area (Å²) in [6, 6.07) is 14.4. The summed E-state index contributed by atoms with van der Waals surface area (Å²) in [4.78, 5) is 61.8. The Kier molecular flexibility index (Phi) is 12.4. The van der Waals surface area contributed by atoms with Gasteiger partial charge in [-0.15, -0.1) is 0 Å². The van der Waals surface area contributed by atoms with Gasteiger partial charge in [-0.25, -0.2) is 5.84 Å². The average molecular weight is 527 g/mol. The molecule has 2 aromatic carbocycles. The van der Waals surface area contributed by atoms with E-state index < -0.39 is 54.3 Å². The van der Waals surface area contributed by atoms with E-state index in [1.165, 1.54) is 0 Å². The van der Waals surface area contributed by atoms with Crippen molar-refractivity contribution < 1.29 is 29.1 Å². The van der Waals surface area contributed by atoms with Crippen LogP contribution in [0.5, 0.6) is 0 Å². The molecule has 0 radical (unpaired) electrons. The number of amides is 5. The van der Waals surface area contributed by atoms with Crippen LogP contribution in [0.15, 0.2) is 60.7 Å². The zero-order valence-corrected chi connectivity index (χ0v) is 20.9. The first kappa shape index (κ1) is 29.9. The van der Waals surface area contributed by atoms with E-state index in [4.69, 9.17) is 11.6 Å². The maximum Gasteiger partial charge on any atom is 0.256 e. The highest BCUT2D eigenvalue weighted by Gasteiger charge is 2.29. The molecule has 204 valence electrons. The van der Waals surface area contributed by atoms with Crippen LogP contribution in [0.3, 0.4) is 0 Å². The number of aliphatic hydroxyl groups excluding tert-OH is 1. The molecule has 0 aliphatic carbocycles. The molecule has 12 heteroatoms. The third-order valence-corrected chi connectivity index (χ3v) is 5.69. The lowest BCUT2D eigenvalue weighted by Gasteiger charge is -2.24. The largest absolute Gasteiger partial charge is 0.394 e. The second-order valence-corrected chi connectivity index (χ2v) is 8.61. The summed E-state index contributed by atoms with van der Waals surface area (Å²) >= 11 is 0. The summed E-state index contributed by atoms with van der Waals surface area (Å²) in [7, 11) is 0. The Balaban J connectivity index is 2.10. The minimum atomic E-state index is -1.30. The summed E-state index contributed by atoms with van der Waals surface area (Å²) in [5, 5.41) is 17.3. The summed E-state index contributed by atoms with van der Waals surface area (Å²) in [5.41, 5.74) is 8.73. The fourth-order valence-corrected chi connectivity index (χ4v) is 3.62. The van der Waals surface area contributed by atoms with Gasteiger partial charge in [-0.2, -0.15) is 0 Å². The highest BCUT2D eigenvalue weighted by Crippen LogP contribution is 2.07. The molecule has 9 N–H and O–H groups in total. The van der Waals surface area contributed by atoms with Gasteiger partial charge in [0.25, 0.3) is 5.91 Å². The average Bonchev–Trinajstić information content (AvgIpc) is 2.92. The van der Waals surface area contributed by atoms with Gasteiger partial charge in [-0.05, 0) is 24.0 Å². The molecule has 0 saturated carbocycles. The number of benzene rings is 2. The van der Waals surface area contributed by atoms with Gasteiger partial charge in [-0.3, -0.25) is 29.4 Å². The van der Waals surface area contributed by atoms with Crippen molar-refractivity contribution in [3.05, 3.63) is 71.8 Å². The molecule has 2 rings (SSSR count). The van der Waals surface area contributed by atoms with Crippen LogP contribution in [0.1, 0.15) is 30.4 Å². The van der Waals surface area contributed by atoms with Crippen molar-refractivity contribution in [2.75, 3.05) is 6.61 Å². The number of rotatable bonds is 15. The molecule has 38 heavy (non-hydrogen) atoms. The molecule has 12 nitrogen and oxygen atoms in total. The molecule has 0 heterocycles. The van der Waals surface area contributed by atoms with Crippen molar-refractivity contribution in [1.29, 1.82) is 0 Å². The lowest BCUT2D eigenvalue weighted by Crippen LogP contribution is -2.58. The van der Waals surface area contributed by atoms with Crippen LogP contribution >= 0.6 is 0 Å². The van der Waals surface area contributed by atoms with Crippen molar-refractivity contribution >= 4 is 29.5 Å². The second-order valence-electron chi connectivity index (χ2n) is 8.61. The van der Waals surface area contributed by atoms with E-state index in [0.717, 1.165) is 5.56 Å². The minimum Gasteiger partial charge on any atom is -0.394 e. The monoisotopic (exact) mass is 526 g/mol. The van der Waals surface area contributed by atoms with Gasteiger partial charge >= 0.3 is 0 Å². The Morgan fingerprint density at radius 2 is 1.26 bits per heavy atom. The topological polar surface area (TPSA) is 206 Å². The SMILES string of the molecule is NNC(=O)[C@H](CCC(N)=O)NC(=O)[C@H](Cc1ccccc1)NC(=O)[C@H](CO)NC(=O)CCc1ccccc1. The molecule has 2 aromatic rings. The van der Waals surface area contributed by atoms with E-state index in [1.54, 1.807) is 30.3 Å². The van der Waals surface area contributed by atoms with E-state index >= 15 is 0 Å². The summed E-state index contributed by atoms with van der Waals surface area (Å²) in [6.45, 7) is -0.695. The van der Waals surface area contributed by atoms with Gasteiger partial charge in [0.1, 0.15) is 18.1 Å². The number of carbonyl (C=O) groups is 5. The normalized spacial score (nSPS) is 12.9. The lowest BCUT2D eigenvalue weighted by molar-refractivity contribution is -0.134. The standard InChI is InChI=1S/C26H34N6O6/c27-22(34)13-12-19(26(38)32-28)30-24(36)20(15-18-9-5-2-6-10-18)31-25(37)21(16-33)29-23(35)14-11-17-7-3-1-4-8-17/h1-10,19-21,33H,11-16,28H2,(H2,27,34)(H,29,35)(H,30,36)(H,31,37)(H,32,38)/t19-,20-,21-/m0/s1. The Morgan fingerprint density at radius 1 is 0.711 bits per heavy atom. The molecular formula is C26H34N6O6. The van der Waals surface area contributed by atoms with Crippen molar-refractivity contribution in [2.24, 2.45) is 11.6 Å². The molecule has 0 fully saturated rings.